The number of halogens is 3. The van der Waals surface area contributed by atoms with Crippen molar-refractivity contribution in [1.29, 1.82) is 0 Å². The Morgan fingerprint density at radius 2 is 1.86 bits per heavy atom. The second-order valence-corrected chi connectivity index (χ2v) is 5.12. The van der Waals surface area contributed by atoms with Crippen molar-refractivity contribution in [3.8, 4) is 0 Å². The number of benzene rings is 1. The molecule has 0 radical (unpaired) electrons. The smallest absolute Gasteiger partial charge is 0.243 e. The molecule has 5 nitrogen and oxygen atoms in total. The number of nitrogens with one attached hydrogen (secondary N) is 2. The summed E-state index contributed by atoms with van der Waals surface area (Å²) >= 11 is 0. The zero-order valence-electron chi connectivity index (χ0n) is 12.3. The average molecular weight is 317 g/mol. The Bertz CT molecular complexity index is 577. The molecule has 0 aliphatic rings. The third kappa shape index (κ3) is 4.45. The standard InChI is InChI=1S/C14H18F3N3O2/c1-3-6-14(2,18)13(22)19-7-10(21)20-9-5-4-8(15)11(16)12(9)17/h4-5H,3,6-7,18H2,1-2H3,(H,19,22)(H,20,21). The average Bonchev–Trinajstić information content (AvgIpc) is 2.45. The van der Waals surface area contributed by atoms with Crippen LogP contribution in [-0.4, -0.2) is 23.9 Å². The molecule has 0 heterocycles. The molecule has 0 spiro atoms. The lowest BCUT2D eigenvalue weighted by Gasteiger charge is -2.22. The van der Waals surface area contributed by atoms with Crippen LogP contribution in [0.3, 0.4) is 0 Å². The maximum absolute atomic E-state index is 13.4. The Morgan fingerprint density at radius 1 is 1.23 bits per heavy atom. The van der Waals surface area contributed by atoms with Gasteiger partial charge in [-0.1, -0.05) is 13.3 Å². The van der Waals surface area contributed by atoms with Gasteiger partial charge in [0, 0.05) is 0 Å². The number of anilines is 1. The zero-order valence-corrected chi connectivity index (χ0v) is 12.3. The third-order valence-corrected chi connectivity index (χ3v) is 3.01. The van der Waals surface area contributed by atoms with Gasteiger partial charge in [0.1, 0.15) is 0 Å². The molecule has 1 atom stereocenters. The van der Waals surface area contributed by atoms with Crippen LogP contribution in [0, 0.1) is 17.5 Å². The summed E-state index contributed by atoms with van der Waals surface area (Å²) in [4.78, 5) is 23.4. The fraction of sp³-hybridized carbons (Fsp3) is 0.429. The van der Waals surface area contributed by atoms with E-state index in [2.05, 4.69) is 5.32 Å². The van der Waals surface area contributed by atoms with E-state index in [0.29, 0.717) is 18.9 Å². The van der Waals surface area contributed by atoms with Gasteiger partial charge >= 0.3 is 0 Å². The zero-order chi connectivity index (χ0) is 16.9. The van der Waals surface area contributed by atoms with Gasteiger partial charge in [-0.2, -0.15) is 0 Å². The van der Waals surface area contributed by atoms with Crippen LogP contribution in [0.2, 0.25) is 0 Å². The highest BCUT2D eigenvalue weighted by molar-refractivity contribution is 5.96. The fourth-order valence-electron chi connectivity index (χ4n) is 1.81. The van der Waals surface area contributed by atoms with E-state index in [1.54, 1.807) is 0 Å². The molecule has 1 rings (SSSR count). The Labute approximate surface area is 126 Å². The Morgan fingerprint density at radius 3 is 2.45 bits per heavy atom. The van der Waals surface area contributed by atoms with Crippen molar-refractivity contribution in [2.75, 3.05) is 11.9 Å². The molecular formula is C14H18F3N3O2. The van der Waals surface area contributed by atoms with Crippen molar-refractivity contribution >= 4 is 17.5 Å². The van der Waals surface area contributed by atoms with Gasteiger partial charge in [-0.25, -0.2) is 13.2 Å². The van der Waals surface area contributed by atoms with Gasteiger partial charge < -0.3 is 16.4 Å². The van der Waals surface area contributed by atoms with E-state index in [0.717, 1.165) is 6.07 Å². The summed E-state index contributed by atoms with van der Waals surface area (Å²) in [5.41, 5.74) is 4.14. The number of hydrogen-bond donors (Lipinski definition) is 3. The Balaban J connectivity index is 2.61. The second kappa shape index (κ2) is 7.26. The second-order valence-electron chi connectivity index (χ2n) is 5.12. The van der Waals surface area contributed by atoms with E-state index in [1.807, 2.05) is 12.2 Å². The molecule has 0 bridgehead atoms. The van der Waals surface area contributed by atoms with Gasteiger partial charge in [0.15, 0.2) is 17.5 Å². The predicted molar refractivity (Wildman–Crippen MR) is 75.5 cm³/mol. The van der Waals surface area contributed by atoms with Crippen LogP contribution >= 0.6 is 0 Å². The summed E-state index contributed by atoms with van der Waals surface area (Å²) < 4.78 is 39.1. The van der Waals surface area contributed by atoms with Gasteiger partial charge in [0.05, 0.1) is 17.8 Å². The first-order valence-corrected chi connectivity index (χ1v) is 6.69. The molecule has 4 N–H and O–H groups in total. The number of carbonyl (C=O) groups is 2. The van der Waals surface area contributed by atoms with Gasteiger partial charge in [0.2, 0.25) is 11.8 Å². The number of hydrogen-bond acceptors (Lipinski definition) is 3. The highest BCUT2D eigenvalue weighted by Crippen LogP contribution is 2.19. The van der Waals surface area contributed by atoms with Gasteiger partial charge in [0.25, 0.3) is 0 Å². The van der Waals surface area contributed by atoms with Crippen LogP contribution in [0.25, 0.3) is 0 Å². The maximum Gasteiger partial charge on any atom is 0.243 e. The van der Waals surface area contributed by atoms with Crippen molar-refractivity contribution in [1.82, 2.24) is 5.32 Å². The van der Waals surface area contributed by atoms with Crippen molar-refractivity contribution < 1.29 is 22.8 Å². The van der Waals surface area contributed by atoms with E-state index >= 15 is 0 Å². The summed E-state index contributed by atoms with van der Waals surface area (Å²) in [6.07, 6.45) is 1.12. The first-order chi connectivity index (χ1) is 10.2. The molecular weight excluding hydrogens is 299 g/mol. The molecule has 122 valence electrons. The van der Waals surface area contributed by atoms with Crippen molar-refractivity contribution in [2.24, 2.45) is 5.73 Å². The molecule has 0 fully saturated rings. The Kier molecular flexibility index (Phi) is 5.92. The van der Waals surface area contributed by atoms with Crippen LogP contribution in [0.15, 0.2) is 12.1 Å². The molecule has 1 aromatic rings. The minimum Gasteiger partial charge on any atom is -0.345 e. The molecule has 8 heteroatoms. The minimum absolute atomic E-state index is 0.429. The molecule has 0 aliphatic carbocycles. The first kappa shape index (κ1) is 18.0. The van der Waals surface area contributed by atoms with E-state index in [9.17, 15) is 22.8 Å². The van der Waals surface area contributed by atoms with Crippen LogP contribution in [0.5, 0.6) is 0 Å². The highest BCUT2D eigenvalue weighted by Gasteiger charge is 2.27. The predicted octanol–water partition coefficient (Wildman–Crippen LogP) is 1.68. The van der Waals surface area contributed by atoms with Crippen LogP contribution in [-0.2, 0) is 9.59 Å². The molecule has 0 saturated heterocycles. The van der Waals surface area contributed by atoms with E-state index in [1.165, 1.54) is 6.92 Å². The summed E-state index contributed by atoms with van der Waals surface area (Å²) in [6, 6.07) is 1.57. The van der Waals surface area contributed by atoms with Crippen molar-refractivity contribution in [2.45, 2.75) is 32.2 Å². The first-order valence-electron chi connectivity index (χ1n) is 6.69. The molecule has 2 amide bonds. The SMILES string of the molecule is CCCC(C)(N)C(=O)NCC(=O)Nc1ccc(F)c(F)c1F. The van der Waals surface area contributed by atoms with Crippen molar-refractivity contribution in [3.05, 3.63) is 29.6 Å². The summed E-state index contributed by atoms with van der Waals surface area (Å²) in [7, 11) is 0. The normalized spacial score (nSPS) is 13.4. The Hall–Kier alpha value is -2.09. The number of amides is 2. The third-order valence-electron chi connectivity index (χ3n) is 3.01. The lowest BCUT2D eigenvalue weighted by atomic mass is 9.96. The van der Waals surface area contributed by atoms with Crippen LogP contribution < -0.4 is 16.4 Å². The van der Waals surface area contributed by atoms with E-state index in [4.69, 9.17) is 5.73 Å². The number of rotatable bonds is 6. The molecule has 0 aromatic heterocycles. The van der Waals surface area contributed by atoms with Gasteiger partial charge in [-0.15, -0.1) is 0 Å². The summed E-state index contributed by atoms with van der Waals surface area (Å²) in [6.45, 7) is 2.92. The van der Waals surface area contributed by atoms with Crippen molar-refractivity contribution in [3.63, 3.8) is 0 Å². The monoisotopic (exact) mass is 317 g/mol. The molecule has 1 aromatic carbocycles. The largest absolute Gasteiger partial charge is 0.345 e. The maximum atomic E-state index is 13.4. The number of carbonyl (C=O) groups excluding carboxylic acids is 2. The van der Waals surface area contributed by atoms with E-state index < -0.39 is 47.0 Å². The lowest BCUT2D eigenvalue weighted by Crippen LogP contribution is -2.52. The molecule has 0 aliphatic heterocycles. The van der Waals surface area contributed by atoms with E-state index in [-0.39, 0.29) is 0 Å². The fourth-order valence-corrected chi connectivity index (χ4v) is 1.81. The molecule has 0 saturated carbocycles. The van der Waals surface area contributed by atoms with Crippen LogP contribution in [0.4, 0.5) is 18.9 Å². The summed E-state index contributed by atoms with van der Waals surface area (Å²) in [5, 5.41) is 4.35. The topological polar surface area (TPSA) is 84.2 Å². The quantitative estimate of drug-likeness (QED) is 0.698. The lowest BCUT2D eigenvalue weighted by molar-refractivity contribution is -0.128. The highest BCUT2D eigenvalue weighted by atomic mass is 19.2. The van der Waals surface area contributed by atoms with Crippen LogP contribution in [0.1, 0.15) is 26.7 Å². The van der Waals surface area contributed by atoms with Gasteiger partial charge in [-0.3, -0.25) is 9.59 Å². The summed E-state index contributed by atoms with van der Waals surface area (Å²) in [5.74, 6) is -5.86. The minimum atomic E-state index is -1.68. The molecule has 1 unspecified atom stereocenters. The number of nitrogens with two attached hydrogens (primary N) is 1. The van der Waals surface area contributed by atoms with Gasteiger partial charge in [-0.05, 0) is 25.5 Å². The molecule has 22 heavy (non-hydrogen) atoms.